The van der Waals surface area contributed by atoms with Gasteiger partial charge < -0.3 is 11.1 Å². The standard InChI is InChI=1S/C12H13N5OS/c13-12(19)9-2-1-3-10(6-9)16-11(18)4-5-17-8-14-7-15-17/h1-3,6-8H,4-5H2,(H2,13,19)(H,16,18). The zero-order valence-electron chi connectivity index (χ0n) is 10.1. The lowest BCUT2D eigenvalue weighted by molar-refractivity contribution is -0.116. The number of nitrogens with zero attached hydrogens (tertiary/aromatic N) is 3. The van der Waals surface area contributed by atoms with Crippen molar-refractivity contribution >= 4 is 28.8 Å². The lowest BCUT2D eigenvalue weighted by Gasteiger charge is -2.06. The number of hydrogen-bond donors (Lipinski definition) is 2. The zero-order valence-corrected chi connectivity index (χ0v) is 10.9. The van der Waals surface area contributed by atoms with Crippen molar-refractivity contribution in [2.24, 2.45) is 5.73 Å². The summed E-state index contributed by atoms with van der Waals surface area (Å²) in [5.41, 5.74) is 6.94. The van der Waals surface area contributed by atoms with Crippen LogP contribution in [0.2, 0.25) is 0 Å². The minimum atomic E-state index is -0.101. The Morgan fingerprint density at radius 2 is 2.32 bits per heavy atom. The second-order valence-corrected chi connectivity index (χ2v) is 4.34. The van der Waals surface area contributed by atoms with Gasteiger partial charge in [-0.15, -0.1) is 0 Å². The fraction of sp³-hybridized carbons (Fsp3) is 0.167. The van der Waals surface area contributed by atoms with Crippen LogP contribution in [0.5, 0.6) is 0 Å². The van der Waals surface area contributed by atoms with E-state index in [2.05, 4.69) is 15.4 Å². The maximum Gasteiger partial charge on any atom is 0.226 e. The number of rotatable bonds is 5. The maximum atomic E-state index is 11.8. The van der Waals surface area contributed by atoms with Crippen molar-refractivity contribution in [1.29, 1.82) is 0 Å². The molecule has 1 amide bonds. The van der Waals surface area contributed by atoms with Gasteiger partial charge in [-0.1, -0.05) is 24.4 Å². The molecule has 0 fully saturated rings. The molecule has 0 radical (unpaired) electrons. The fourth-order valence-corrected chi connectivity index (χ4v) is 1.66. The first kappa shape index (κ1) is 13.2. The summed E-state index contributed by atoms with van der Waals surface area (Å²) in [6.45, 7) is 0.487. The number of aromatic nitrogens is 3. The largest absolute Gasteiger partial charge is 0.389 e. The molecule has 0 aliphatic rings. The quantitative estimate of drug-likeness (QED) is 0.793. The summed E-state index contributed by atoms with van der Waals surface area (Å²) >= 11 is 4.89. The molecular weight excluding hydrogens is 262 g/mol. The second-order valence-electron chi connectivity index (χ2n) is 3.90. The third-order valence-corrected chi connectivity index (χ3v) is 2.70. The van der Waals surface area contributed by atoms with Gasteiger partial charge in [-0.3, -0.25) is 9.48 Å². The van der Waals surface area contributed by atoms with Crippen LogP contribution in [0, 0.1) is 0 Å². The van der Waals surface area contributed by atoms with E-state index < -0.39 is 0 Å². The molecule has 1 aromatic heterocycles. The van der Waals surface area contributed by atoms with Crippen molar-refractivity contribution in [3.05, 3.63) is 42.5 Å². The van der Waals surface area contributed by atoms with Crippen molar-refractivity contribution in [3.8, 4) is 0 Å². The Kier molecular flexibility index (Phi) is 4.19. The molecule has 2 aromatic rings. The van der Waals surface area contributed by atoms with Crippen LogP contribution in [-0.4, -0.2) is 25.7 Å². The molecule has 0 unspecified atom stereocenters. The summed E-state index contributed by atoms with van der Waals surface area (Å²) in [5.74, 6) is -0.101. The Morgan fingerprint density at radius 1 is 1.47 bits per heavy atom. The molecule has 0 bridgehead atoms. The SMILES string of the molecule is NC(=S)c1cccc(NC(=O)CCn2cncn2)c1. The minimum Gasteiger partial charge on any atom is -0.389 e. The van der Waals surface area contributed by atoms with Gasteiger partial charge in [-0.05, 0) is 12.1 Å². The highest BCUT2D eigenvalue weighted by molar-refractivity contribution is 7.80. The lowest BCUT2D eigenvalue weighted by atomic mass is 10.2. The average molecular weight is 275 g/mol. The molecule has 3 N–H and O–H groups in total. The van der Waals surface area contributed by atoms with E-state index in [1.54, 1.807) is 35.3 Å². The molecule has 1 heterocycles. The summed E-state index contributed by atoms with van der Waals surface area (Å²) < 4.78 is 1.60. The highest BCUT2D eigenvalue weighted by Gasteiger charge is 2.04. The summed E-state index contributed by atoms with van der Waals surface area (Å²) in [6, 6.07) is 7.12. The molecule has 0 aliphatic carbocycles. The van der Waals surface area contributed by atoms with E-state index in [9.17, 15) is 4.79 Å². The molecule has 1 aromatic carbocycles. The van der Waals surface area contributed by atoms with Crippen LogP contribution in [0.15, 0.2) is 36.9 Å². The molecule has 0 aliphatic heterocycles. The molecule has 0 saturated heterocycles. The molecule has 0 saturated carbocycles. The highest BCUT2D eigenvalue weighted by atomic mass is 32.1. The molecular formula is C12H13N5OS. The molecule has 98 valence electrons. The third-order valence-electron chi connectivity index (χ3n) is 2.47. The number of nitrogens with two attached hydrogens (primary N) is 1. The third kappa shape index (κ3) is 3.85. The first-order valence-electron chi connectivity index (χ1n) is 5.67. The van der Waals surface area contributed by atoms with Gasteiger partial charge in [0.25, 0.3) is 0 Å². The summed E-state index contributed by atoms with van der Waals surface area (Å²) in [5, 5.41) is 6.71. The average Bonchev–Trinajstić information content (AvgIpc) is 2.90. The van der Waals surface area contributed by atoms with E-state index in [0.29, 0.717) is 23.6 Å². The molecule has 0 atom stereocenters. The first-order valence-corrected chi connectivity index (χ1v) is 6.08. The van der Waals surface area contributed by atoms with Gasteiger partial charge in [-0.2, -0.15) is 5.10 Å². The molecule has 19 heavy (non-hydrogen) atoms. The van der Waals surface area contributed by atoms with Gasteiger partial charge in [0.2, 0.25) is 5.91 Å². The lowest BCUT2D eigenvalue weighted by Crippen LogP contribution is -2.15. The van der Waals surface area contributed by atoms with Crippen LogP contribution >= 0.6 is 12.2 Å². The van der Waals surface area contributed by atoms with Gasteiger partial charge >= 0.3 is 0 Å². The van der Waals surface area contributed by atoms with E-state index in [4.69, 9.17) is 18.0 Å². The highest BCUT2D eigenvalue weighted by Crippen LogP contribution is 2.11. The van der Waals surface area contributed by atoms with E-state index in [1.807, 2.05) is 0 Å². The number of amides is 1. The number of carbonyl (C=O) groups excluding carboxylic acids is 1. The van der Waals surface area contributed by atoms with Crippen LogP contribution in [0.4, 0.5) is 5.69 Å². The molecule has 7 heteroatoms. The van der Waals surface area contributed by atoms with Gasteiger partial charge in [0, 0.05) is 17.7 Å². The smallest absolute Gasteiger partial charge is 0.226 e. The number of nitrogens with one attached hydrogen (secondary N) is 1. The Bertz CT molecular complexity index is 582. The number of anilines is 1. The summed E-state index contributed by atoms with van der Waals surface area (Å²) in [4.78, 5) is 15.9. The predicted octanol–water partition coefficient (Wildman–Crippen LogP) is 0.941. The van der Waals surface area contributed by atoms with Crippen molar-refractivity contribution in [2.75, 3.05) is 5.32 Å². The van der Waals surface area contributed by atoms with Crippen LogP contribution in [0.25, 0.3) is 0 Å². The topological polar surface area (TPSA) is 85.8 Å². The normalized spacial score (nSPS) is 10.1. The Morgan fingerprint density at radius 3 is 3.00 bits per heavy atom. The number of hydrogen-bond acceptors (Lipinski definition) is 4. The Labute approximate surface area is 115 Å². The van der Waals surface area contributed by atoms with E-state index in [1.165, 1.54) is 6.33 Å². The van der Waals surface area contributed by atoms with Gasteiger partial charge in [-0.25, -0.2) is 4.98 Å². The van der Waals surface area contributed by atoms with Crippen LogP contribution in [0.3, 0.4) is 0 Å². The van der Waals surface area contributed by atoms with Crippen LogP contribution < -0.4 is 11.1 Å². The number of aryl methyl sites for hydroxylation is 1. The second kappa shape index (κ2) is 6.05. The Balaban J connectivity index is 1.91. The maximum absolute atomic E-state index is 11.8. The van der Waals surface area contributed by atoms with E-state index in [0.717, 1.165) is 5.56 Å². The van der Waals surface area contributed by atoms with Gasteiger partial charge in [0.1, 0.15) is 17.6 Å². The number of benzene rings is 1. The van der Waals surface area contributed by atoms with Crippen molar-refractivity contribution in [3.63, 3.8) is 0 Å². The van der Waals surface area contributed by atoms with Crippen LogP contribution in [-0.2, 0) is 11.3 Å². The summed E-state index contributed by atoms with van der Waals surface area (Å²) in [6.07, 6.45) is 3.32. The van der Waals surface area contributed by atoms with E-state index >= 15 is 0 Å². The van der Waals surface area contributed by atoms with Gasteiger partial charge in [0.15, 0.2) is 0 Å². The molecule has 0 spiro atoms. The predicted molar refractivity (Wildman–Crippen MR) is 75.6 cm³/mol. The first-order chi connectivity index (χ1) is 9.15. The Hall–Kier alpha value is -2.28. The summed E-state index contributed by atoms with van der Waals surface area (Å²) in [7, 11) is 0. The van der Waals surface area contributed by atoms with Crippen molar-refractivity contribution < 1.29 is 4.79 Å². The monoisotopic (exact) mass is 275 g/mol. The minimum absolute atomic E-state index is 0.101. The van der Waals surface area contributed by atoms with Crippen LogP contribution in [0.1, 0.15) is 12.0 Å². The van der Waals surface area contributed by atoms with Gasteiger partial charge in [0.05, 0.1) is 6.54 Å². The van der Waals surface area contributed by atoms with E-state index in [-0.39, 0.29) is 5.91 Å². The number of carbonyl (C=O) groups is 1. The number of thiocarbonyl (C=S) groups is 1. The molecule has 6 nitrogen and oxygen atoms in total. The molecule has 2 rings (SSSR count). The van der Waals surface area contributed by atoms with Crippen molar-refractivity contribution in [2.45, 2.75) is 13.0 Å². The zero-order chi connectivity index (χ0) is 13.7. The van der Waals surface area contributed by atoms with Crippen molar-refractivity contribution in [1.82, 2.24) is 14.8 Å². The fourth-order valence-electron chi connectivity index (χ4n) is 1.54.